The molecule has 0 aliphatic carbocycles. The van der Waals surface area contributed by atoms with Crippen molar-refractivity contribution in [3.63, 3.8) is 0 Å². The summed E-state index contributed by atoms with van der Waals surface area (Å²) in [6, 6.07) is 17.3. The van der Waals surface area contributed by atoms with Gasteiger partial charge < -0.3 is 19.3 Å². The van der Waals surface area contributed by atoms with Crippen molar-refractivity contribution in [1.82, 2.24) is 0 Å². The third-order valence-corrected chi connectivity index (χ3v) is 6.23. The van der Waals surface area contributed by atoms with Crippen LogP contribution in [0.2, 0.25) is 0 Å². The van der Waals surface area contributed by atoms with Gasteiger partial charge in [-0.25, -0.2) is 0 Å². The molecule has 1 saturated heterocycles. The summed E-state index contributed by atoms with van der Waals surface area (Å²) in [4.78, 5) is 0.660. The number of hydrogen-bond donors (Lipinski definition) is 1. The first-order chi connectivity index (χ1) is 12.6. The van der Waals surface area contributed by atoms with Gasteiger partial charge in [-0.15, -0.1) is 0 Å². The molecule has 1 aliphatic heterocycles. The van der Waals surface area contributed by atoms with Gasteiger partial charge in [0.15, 0.2) is 6.29 Å². The van der Waals surface area contributed by atoms with Crippen molar-refractivity contribution in [2.45, 2.75) is 42.2 Å². The number of rotatable bonds is 7. The van der Waals surface area contributed by atoms with Gasteiger partial charge in [0.2, 0.25) is 0 Å². The fraction of sp³-hybridized carbons (Fsp3) is 0.400. The Morgan fingerprint density at radius 1 is 1.12 bits per heavy atom. The Hall–Kier alpha value is -1.57. The van der Waals surface area contributed by atoms with Crippen LogP contribution in [0, 0.1) is 6.92 Å². The molecule has 1 N–H and O–H groups in total. The van der Waals surface area contributed by atoms with Crippen LogP contribution in [0.3, 0.4) is 0 Å². The maximum atomic E-state index is 13.0. The Balaban J connectivity index is 1.69. The molecule has 0 amide bonds. The smallest absolute Gasteiger partial charge is 0.184 e. The second-order valence-corrected chi connectivity index (χ2v) is 7.96. The van der Waals surface area contributed by atoms with Crippen LogP contribution < -0.4 is 0 Å². The third-order valence-electron chi connectivity index (χ3n) is 4.42. The minimum Gasteiger partial charge on any atom is -0.386 e. The Labute approximate surface area is 156 Å². The molecule has 140 valence electrons. The third kappa shape index (κ3) is 4.39. The first kappa shape index (κ1) is 19.2. The van der Waals surface area contributed by atoms with E-state index in [0.29, 0.717) is 11.5 Å². The van der Waals surface area contributed by atoms with Crippen molar-refractivity contribution in [2.24, 2.45) is 0 Å². The van der Waals surface area contributed by atoms with Gasteiger partial charge in [-0.3, -0.25) is 4.21 Å². The van der Waals surface area contributed by atoms with Gasteiger partial charge in [0.25, 0.3) is 0 Å². The largest absolute Gasteiger partial charge is 0.386 e. The van der Waals surface area contributed by atoms with Crippen LogP contribution in [0.4, 0.5) is 0 Å². The minimum atomic E-state index is -1.43. The summed E-state index contributed by atoms with van der Waals surface area (Å²) in [6.07, 6.45) is -2.30. The summed E-state index contributed by atoms with van der Waals surface area (Å²) >= 11 is 0. The van der Waals surface area contributed by atoms with E-state index in [2.05, 4.69) is 0 Å². The molecule has 5 atom stereocenters. The van der Waals surface area contributed by atoms with Crippen LogP contribution in [0.5, 0.6) is 0 Å². The van der Waals surface area contributed by atoms with E-state index in [9.17, 15) is 9.32 Å². The molecule has 0 radical (unpaired) electrons. The molecule has 1 aliphatic rings. The van der Waals surface area contributed by atoms with Crippen LogP contribution in [0.15, 0.2) is 59.5 Å². The van der Waals surface area contributed by atoms with Gasteiger partial charge in [-0.05, 0) is 24.6 Å². The molecule has 0 aromatic heterocycles. The van der Waals surface area contributed by atoms with E-state index >= 15 is 0 Å². The van der Waals surface area contributed by atoms with Crippen molar-refractivity contribution in [1.29, 1.82) is 0 Å². The Kier molecular flexibility index (Phi) is 6.56. The summed E-state index contributed by atoms with van der Waals surface area (Å²) in [5, 5.41) is 9.91. The van der Waals surface area contributed by atoms with Crippen LogP contribution in [-0.2, 0) is 31.6 Å². The zero-order valence-electron chi connectivity index (χ0n) is 14.9. The van der Waals surface area contributed by atoms with E-state index in [-0.39, 0.29) is 6.61 Å². The topological polar surface area (TPSA) is 65.0 Å². The van der Waals surface area contributed by atoms with Gasteiger partial charge in [0.05, 0.1) is 29.3 Å². The Morgan fingerprint density at radius 3 is 2.46 bits per heavy atom. The van der Waals surface area contributed by atoms with Crippen LogP contribution in [-0.4, -0.2) is 46.8 Å². The molecule has 3 rings (SSSR count). The molecular weight excluding hydrogens is 352 g/mol. The highest BCUT2D eigenvalue weighted by Crippen LogP contribution is 2.29. The number of aliphatic hydroxyl groups is 1. The van der Waals surface area contributed by atoms with Crippen molar-refractivity contribution in [2.75, 3.05) is 13.7 Å². The van der Waals surface area contributed by atoms with E-state index in [4.69, 9.17) is 14.2 Å². The van der Waals surface area contributed by atoms with Crippen molar-refractivity contribution in [3.8, 4) is 0 Å². The highest BCUT2D eigenvalue weighted by atomic mass is 32.2. The van der Waals surface area contributed by atoms with Gasteiger partial charge in [0, 0.05) is 12.0 Å². The second-order valence-electron chi connectivity index (χ2n) is 6.35. The van der Waals surface area contributed by atoms with Gasteiger partial charge in [0.1, 0.15) is 12.2 Å². The lowest BCUT2D eigenvalue weighted by molar-refractivity contribution is -0.156. The van der Waals surface area contributed by atoms with Crippen LogP contribution >= 0.6 is 0 Å². The average Bonchev–Trinajstić information content (AvgIpc) is 2.98. The maximum absolute atomic E-state index is 13.0. The molecule has 1 heterocycles. The first-order valence-corrected chi connectivity index (χ1v) is 9.76. The molecule has 1 fully saturated rings. The maximum Gasteiger partial charge on any atom is 0.184 e. The fourth-order valence-electron chi connectivity index (χ4n) is 3.00. The van der Waals surface area contributed by atoms with Crippen LogP contribution in [0.25, 0.3) is 0 Å². The molecule has 0 spiro atoms. The summed E-state index contributed by atoms with van der Waals surface area (Å²) < 4.78 is 29.7. The van der Waals surface area contributed by atoms with Crippen LogP contribution in [0.1, 0.15) is 11.1 Å². The summed E-state index contributed by atoms with van der Waals surface area (Å²) in [5.74, 6) is 0. The number of methoxy groups -OCH3 is 1. The minimum absolute atomic E-state index is 0.230. The van der Waals surface area contributed by atoms with Gasteiger partial charge in [-0.2, -0.15) is 0 Å². The fourth-order valence-corrected chi connectivity index (χ4v) is 4.51. The van der Waals surface area contributed by atoms with E-state index in [1.807, 2.05) is 61.5 Å². The van der Waals surface area contributed by atoms with E-state index in [1.54, 1.807) is 0 Å². The second kappa shape index (κ2) is 8.88. The summed E-state index contributed by atoms with van der Waals surface area (Å²) in [5.41, 5.74) is 2.14. The van der Waals surface area contributed by atoms with E-state index < -0.39 is 34.5 Å². The van der Waals surface area contributed by atoms with Crippen molar-refractivity contribution in [3.05, 3.63) is 65.7 Å². The molecule has 0 bridgehead atoms. The lowest BCUT2D eigenvalue weighted by atomic mass is 10.2. The number of benzene rings is 2. The summed E-state index contributed by atoms with van der Waals surface area (Å²) in [6.45, 7) is 2.63. The zero-order chi connectivity index (χ0) is 18.5. The molecule has 6 heteroatoms. The first-order valence-electron chi connectivity index (χ1n) is 8.55. The molecule has 26 heavy (non-hydrogen) atoms. The highest BCUT2D eigenvalue weighted by Gasteiger charge is 2.47. The standard InChI is InChI=1S/C20H24O5S/c1-14-8-10-16(11-9-14)26(22)19-17(25-20(23-2)18(19)21)13-24-12-15-6-4-3-5-7-15/h3-11,17-21H,12-13H2,1-2H3/t17-,18-,19+,20-,26+/m1/s1. The number of hydrogen-bond acceptors (Lipinski definition) is 5. The predicted molar refractivity (Wildman–Crippen MR) is 99.2 cm³/mol. The highest BCUT2D eigenvalue weighted by molar-refractivity contribution is 7.85. The SMILES string of the molecule is CO[C@@H]1O[C@H](COCc2ccccc2)[C@H]([S@@](=O)c2ccc(C)cc2)[C@H]1O. The quantitative estimate of drug-likeness (QED) is 0.804. The van der Waals surface area contributed by atoms with Gasteiger partial charge in [-0.1, -0.05) is 48.0 Å². The normalized spacial score (nSPS) is 26.7. The predicted octanol–water partition coefficient (Wildman–Crippen LogP) is 2.42. The Morgan fingerprint density at radius 2 is 1.81 bits per heavy atom. The average molecular weight is 376 g/mol. The van der Waals surface area contributed by atoms with Crippen molar-refractivity contribution < 1.29 is 23.5 Å². The molecule has 0 saturated carbocycles. The molecule has 2 aromatic rings. The molecular formula is C20H24O5S. The van der Waals surface area contributed by atoms with E-state index in [0.717, 1.165) is 11.1 Å². The molecule has 5 nitrogen and oxygen atoms in total. The van der Waals surface area contributed by atoms with Crippen molar-refractivity contribution >= 4 is 10.8 Å². The number of aryl methyl sites for hydroxylation is 1. The molecule has 2 aromatic carbocycles. The lowest BCUT2D eigenvalue weighted by Crippen LogP contribution is -2.38. The monoisotopic (exact) mass is 376 g/mol. The van der Waals surface area contributed by atoms with E-state index in [1.165, 1.54) is 7.11 Å². The zero-order valence-corrected chi connectivity index (χ0v) is 15.7. The lowest BCUT2D eigenvalue weighted by Gasteiger charge is -2.19. The molecule has 0 unspecified atom stereocenters. The van der Waals surface area contributed by atoms with Gasteiger partial charge >= 0.3 is 0 Å². The Bertz CT molecular complexity index is 719. The number of ether oxygens (including phenoxy) is 3. The summed E-state index contributed by atoms with van der Waals surface area (Å²) in [7, 11) is 0.0328. The number of aliphatic hydroxyl groups excluding tert-OH is 1.